The Morgan fingerprint density at radius 1 is 1.35 bits per heavy atom. The first-order valence-electron chi connectivity index (χ1n) is 7.24. The number of hydrogen-bond donors (Lipinski definition) is 2. The van der Waals surface area contributed by atoms with Gasteiger partial charge in [0.25, 0.3) is 5.91 Å². The summed E-state index contributed by atoms with van der Waals surface area (Å²) in [6.07, 6.45) is 3.28. The Hall–Kier alpha value is -1.55. The van der Waals surface area contributed by atoms with Crippen LogP contribution >= 0.6 is 0 Å². The molecule has 2 N–H and O–H groups in total. The molecule has 0 radical (unpaired) electrons. The first-order chi connectivity index (χ1) is 9.58. The van der Waals surface area contributed by atoms with Gasteiger partial charge in [0.15, 0.2) is 6.61 Å². The van der Waals surface area contributed by atoms with E-state index in [0.29, 0.717) is 0 Å². The van der Waals surface area contributed by atoms with Crippen molar-refractivity contribution < 1.29 is 14.6 Å². The standard InChI is InChI=1S/C16H23NO3/c1-11-6-5-9-15(12(11)2)20-10-16(19)17-13-7-3-4-8-14(13)18/h5-6,9,13-14,18H,3-4,7-8,10H2,1-2H3,(H,17,19)/t13-,14-/m1/s1. The second kappa shape index (κ2) is 6.75. The van der Waals surface area contributed by atoms with Crippen LogP contribution in [0.4, 0.5) is 0 Å². The Morgan fingerprint density at radius 3 is 2.85 bits per heavy atom. The third-order valence-corrected chi connectivity index (χ3v) is 3.99. The molecule has 1 aromatic carbocycles. The van der Waals surface area contributed by atoms with E-state index in [9.17, 15) is 9.90 Å². The Kier molecular flexibility index (Phi) is 5.01. The van der Waals surface area contributed by atoms with Crippen molar-refractivity contribution in [2.45, 2.75) is 51.7 Å². The smallest absolute Gasteiger partial charge is 0.258 e. The lowest BCUT2D eigenvalue weighted by atomic mass is 9.92. The number of aliphatic hydroxyl groups excluding tert-OH is 1. The fourth-order valence-corrected chi connectivity index (χ4v) is 2.55. The van der Waals surface area contributed by atoms with Gasteiger partial charge in [0, 0.05) is 0 Å². The lowest BCUT2D eigenvalue weighted by Gasteiger charge is -2.28. The Bertz CT molecular complexity index is 473. The summed E-state index contributed by atoms with van der Waals surface area (Å²) in [4.78, 5) is 11.9. The van der Waals surface area contributed by atoms with E-state index in [-0.39, 0.29) is 18.6 Å². The van der Waals surface area contributed by atoms with Crippen LogP contribution in [0.25, 0.3) is 0 Å². The van der Waals surface area contributed by atoms with E-state index in [1.807, 2.05) is 32.0 Å². The molecule has 0 spiro atoms. The maximum absolute atomic E-state index is 11.9. The minimum atomic E-state index is -0.423. The third kappa shape index (κ3) is 3.73. The number of nitrogens with one attached hydrogen (secondary N) is 1. The molecule has 1 aliphatic carbocycles. The summed E-state index contributed by atoms with van der Waals surface area (Å²) in [5, 5.41) is 12.7. The molecular formula is C16H23NO3. The van der Waals surface area contributed by atoms with Crippen LogP contribution in [-0.2, 0) is 4.79 Å². The van der Waals surface area contributed by atoms with E-state index in [4.69, 9.17) is 4.74 Å². The van der Waals surface area contributed by atoms with Crippen molar-refractivity contribution in [3.05, 3.63) is 29.3 Å². The highest BCUT2D eigenvalue weighted by atomic mass is 16.5. The summed E-state index contributed by atoms with van der Waals surface area (Å²) in [7, 11) is 0. The van der Waals surface area contributed by atoms with Gasteiger partial charge in [0.05, 0.1) is 12.1 Å². The topological polar surface area (TPSA) is 58.6 Å². The van der Waals surface area contributed by atoms with Crippen molar-refractivity contribution in [3.63, 3.8) is 0 Å². The van der Waals surface area contributed by atoms with Gasteiger partial charge >= 0.3 is 0 Å². The minimum absolute atomic E-state index is 0.00644. The zero-order valence-corrected chi connectivity index (χ0v) is 12.2. The van der Waals surface area contributed by atoms with E-state index in [0.717, 1.165) is 42.6 Å². The van der Waals surface area contributed by atoms with Crippen LogP contribution < -0.4 is 10.1 Å². The van der Waals surface area contributed by atoms with Crippen LogP contribution in [0.5, 0.6) is 5.75 Å². The fourth-order valence-electron chi connectivity index (χ4n) is 2.55. The number of benzene rings is 1. The summed E-state index contributed by atoms with van der Waals surface area (Å²) in [5.74, 6) is 0.571. The van der Waals surface area contributed by atoms with E-state index >= 15 is 0 Å². The second-order valence-electron chi connectivity index (χ2n) is 5.51. The van der Waals surface area contributed by atoms with Crippen molar-refractivity contribution in [1.82, 2.24) is 5.32 Å². The molecule has 2 rings (SSSR count). The quantitative estimate of drug-likeness (QED) is 0.886. The zero-order chi connectivity index (χ0) is 14.5. The van der Waals surface area contributed by atoms with Crippen LogP contribution in [0, 0.1) is 13.8 Å². The van der Waals surface area contributed by atoms with Crippen LogP contribution in [-0.4, -0.2) is 29.8 Å². The average molecular weight is 277 g/mol. The van der Waals surface area contributed by atoms with Gasteiger partial charge in [0.1, 0.15) is 5.75 Å². The molecule has 20 heavy (non-hydrogen) atoms. The summed E-state index contributed by atoms with van der Waals surface area (Å²) in [5.41, 5.74) is 2.20. The highest BCUT2D eigenvalue weighted by molar-refractivity contribution is 5.78. The number of aliphatic hydroxyl groups is 1. The lowest BCUT2D eigenvalue weighted by molar-refractivity contribution is -0.125. The lowest BCUT2D eigenvalue weighted by Crippen LogP contribution is -2.46. The van der Waals surface area contributed by atoms with Crippen LogP contribution in [0.3, 0.4) is 0 Å². The van der Waals surface area contributed by atoms with Gasteiger partial charge in [-0.1, -0.05) is 25.0 Å². The number of ether oxygens (including phenoxy) is 1. The van der Waals surface area contributed by atoms with E-state index in [1.165, 1.54) is 0 Å². The van der Waals surface area contributed by atoms with Gasteiger partial charge in [-0.25, -0.2) is 0 Å². The molecule has 1 saturated carbocycles. The number of rotatable bonds is 4. The van der Waals surface area contributed by atoms with Gasteiger partial charge in [-0.3, -0.25) is 4.79 Å². The van der Waals surface area contributed by atoms with Crippen LogP contribution in [0.15, 0.2) is 18.2 Å². The van der Waals surface area contributed by atoms with E-state index in [2.05, 4.69) is 5.32 Å². The summed E-state index contributed by atoms with van der Waals surface area (Å²) in [6.45, 7) is 3.99. The predicted molar refractivity (Wildman–Crippen MR) is 77.8 cm³/mol. The fraction of sp³-hybridized carbons (Fsp3) is 0.562. The molecule has 1 aliphatic rings. The number of carbonyl (C=O) groups is 1. The first-order valence-corrected chi connectivity index (χ1v) is 7.24. The number of aryl methyl sites for hydroxylation is 1. The van der Waals surface area contributed by atoms with Gasteiger partial charge in [-0.05, 0) is 43.9 Å². The Labute approximate surface area is 120 Å². The SMILES string of the molecule is Cc1cccc(OCC(=O)N[C@@H]2CCCC[C@H]2O)c1C. The molecule has 0 aromatic heterocycles. The summed E-state index contributed by atoms with van der Waals surface area (Å²) in [6, 6.07) is 5.67. The average Bonchev–Trinajstić information content (AvgIpc) is 2.43. The molecule has 0 unspecified atom stereocenters. The van der Waals surface area contributed by atoms with Gasteiger partial charge in [0.2, 0.25) is 0 Å². The molecule has 0 aliphatic heterocycles. The normalized spacial score (nSPS) is 22.4. The maximum Gasteiger partial charge on any atom is 0.258 e. The molecule has 110 valence electrons. The summed E-state index contributed by atoms with van der Waals surface area (Å²) < 4.78 is 5.56. The molecule has 1 aromatic rings. The second-order valence-corrected chi connectivity index (χ2v) is 5.51. The molecule has 0 bridgehead atoms. The van der Waals surface area contributed by atoms with E-state index < -0.39 is 6.10 Å². The third-order valence-electron chi connectivity index (χ3n) is 3.99. The largest absolute Gasteiger partial charge is 0.483 e. The highest BCUT2D eigenvalue weighted by Gasteiger charge is 2.24. The molecule has 4 heteroatoms. The van der Waals surface area contributed by atoms with Gasteiger partial charge < -0.3 is 15.2 Å². The number of carbonyl (C=O) groups excluding carboxylic acids is 1. The van der Waals surface area contributed by atoms with Gasteiger partial charge in [-0.15, -0.1) is 0 Å². The van der Waals surface area contributed by atoms with Crippen molar-refractivity contribution in [1.29, 1.82) is 0 Å². The monoisotopic (exact) mass is 277 g/mol. The van der Waals surface area contributed by atoms with Crippen LogP contribution in [0.1, 0.15) is 36.8 Å². The van der Waals surface area contributed by atoms with Gasteiger partial charge in [-0.2, -0.15) is 0 Å². The predicted octanol–water partition coefficient (Wildman–Crippen LogP) is 2.10. The van der Waals surface area contributed by atoms with Crippen molar-refractivity contribution in [2.24, 2.45) is 0 Å². The van der Waals surface area contributed by atoms with E-state index in [1.54, 1.807) is 0 Å². The molecule has 4 nitrogen and oxygen atoms in total. The van der Waals surface area contributed by atoms with Crippen LogP contribution in [0.2, 0.25) is 0 Å². The molecular weight excluding hydrogens is 254 g/mol. The maximum atomic E-state index is 11.9. The molecule has 0 heterocycles. The molecule has 1 fully saturated rings. The summed E-state index contributed by atoms with van der Waals surface area (Å²) >= 11 is 0. The number of hydrogen-bond acceptors (Lipinski definition) is 3. The molecule has 1 amide bonds. The number of amides is 1. The first kappa shape index (κ1) is 14.9. The minimum Gasteiger partial charge on any atom is -0.483 e. The van der Waals surface area contributed by atoms with Crippen molar-refractivity contribution in [3.8, 4) is 5.75 Å². The molecule has 2 atom stereocenters. The molecule has 0 saturated heterocycles. The van der Waals surface area contributed by atoms with Crippen molar-refractivity contribution in [2.75, 3.05) is 6.61 Å². The highest BCUT2D eigenvalue weighted by Crippen LogP contribution is 2.21. The van der Waals surface area contributed by atoms with Crippen molar-refractivity contribution >= 4 is 5.91 Å². The Morgan fingerprint density at radius 2 is 2.10 bits per heavy atom. The Balaban J connectivity index is 1.84. The zero-order valence-electron chi connectivity index (χ0n) is 12.2.